The van der Waals surface area contributed by atoms with E-state index in [1.165, 1.54) is 0 Å². The number of fused-ring (bicyclic) bond motifs is 1. The Kier molecular flexibility index (Phi) is 7.25. The van der Waals surface area contributed by atoms with Crippen molar-refractivity contribution in [2.24, 2.45) is 10.7 Å². The molecule has 1 aromatic carbocycles. The van der Waals surface area contributed by atoms with Gasteiger partial charge in [-0.05, 0) is 18.2 Å². The molecule has 2 N–H and O–H groups in total. The largest absolute Gasteiger partial charge is 0.342 e. The fraction of sp³-hybridized carbons (Fsp3) is 0.182. The Bertz CT molecular complexity index is 449. The molecular formula is C11H13Cl3FN3. The van der Waals surface area contributed by atoms with E-state index in [0.717, 1.165) is 11.3 Å². The van der Waals surface area contributed by atoms with E-state index in [0.29, 0.717) is 5.02 Å². The first-order valence-corrected chi connectivity index (χ1v) is 5.20. The topological polar surface area (TPSA) is 41.6 Å². The Labute approximate surface area is 122 Å². The molecular weight excluding hydrogens is 299 g/mol. The zero-order chi connectivity index (χ0) is 11.5. The Morgan fingerprint density at radius 1 is 1.39 bits per heavy atom. The minimum Gasteiger partial charge on any atom is -0.342 e. The summed E-state index contributed by atoms with van der Waals surface area (Å²) in [6.07, 6.45) is 3.57. The molecule has 3 nitrogen and oxygen atoms in total. The first-order valence-electron chi connectivity index (χ1n) is 4.82. The van der Waals surface area contributed by atoms with Gasteiger partial charge < -0.3 is 10.6 Å². The molecule has 1 aromatic rings. The van der Waals surface area contributed by atoms with Gasteiger partial charge in [-0.3, -0.25) is 4.99 Å². The lowest BCUT2D eigenvalue weighted by molar-refractivity contribution is 0.351. The monoisotopic (exact) mass is 311 g/mol. The predicted octanol–water partition coefficient (Wildman–Crippen LogP) is 3.15. The van der Waals surface area contributed by atoms with Crippen LogP contribution in [0.4, 0.5) is 10.1 Å². The van der Waals surface area contributed by atoms with Crippen LogP contribution in [0.2, 0.25) is 5.02 Å². The second kappa shape index (κ2) is 7.59. The number of hydrogen-bond donors (Lipinski definition) is 1. The van der Waals surface area contributed by atoms with Crippen LogP contribution in [0.3, 0.4) is 0 Å². The molecule has 0 bridgehead atoms. The summed E-state index contributed by atoms with van der Waals surface area (Å²) in [5, 5.41) is 0.622. The SMILES string of the molecule is Cl.Cl.NC(F)CN1C=CN=Cc2cc(Cl)ccc21. The van der Waals surface area contributed by atoms with Crippen molar-refractivity contribution in [3.05, 3.63) is 41.2 Å². The van der Waals surface area contributed by atoms with Gasteiger partial charge in [0.1, 0.15) is 0 Å². The third kappa shape index (κ3) is 4.14. The lowest BCUT2D eigenvalue weighted by Crippen LogP contribution is -2.31. The summed E-state index contributed by atoms with van der Waals surface area (Å²) in [5.41, 5.74) is 6.84. The normalized spacial score (nSPS) is 14.1. The lowest BCUT2D eigenvalue weighted by atomic mass is 10.2. The summed E-state index contributed by atoms with van der Waals surface area (Å²) >= 11 is 5.88. The smallest absolute Gasteiger partial charge is 0.166 e. The number of halogens is 4. The van der Waals surface area contributed by atoms with Gasteiger partial charge in [0.05, 0.1) is 6.54 Å². The highest BCUT2D eigenvalue weighted by atomic mass is 35.5. The molecule has 1 aliphatic heterocycles. The molecule has 0 aliphatic carbocycles. The van der Waals surface area contributed by atoms with Gasteiger partial charge >= 0.3 is 0 Å². The zero-order valence-corrected chi connectivity index (χ0v) is 11.7. The quantitative estimate of drug-likeness (QED) is 0.852. The molecule has 1 heterocycles. The number of nitrogens with zero attached hydrogens (tertiary/aromatic N) is 2. The number of benzene rings is 1. The van der Waals surface area contributed by atoms with E-state index < -0.39 is 6.30 Å². The summed E-state index contributed by atoms with van der Waals surface area (Å²) in [4.78, 5) is 5.75. The highest BCUT2D eigenvalue weighted by Gasteiger charge is 2.13. The molecule has 1 atom stereocenters. The van der Waals surface area contributed by atoms with E-state index >= 15 is 0 Å². The third-order valence-corrected chi connectivity index (χ3v) is 2.45. The molecule has 0 fully saturated rings. The molecule has 7 heteroatoms. The van der Waals surface area contributed by atoms with Crippen LogP contribution in [-0.2, 0) is 0 Å². The van der Waals surface area contributed by atoms with Crippen LogP contribution in [0.5, 0.6) is 0 Å². The van der Waals surface area contributed by atoms with E-state index in [1.54, 1.807) is 35.6 Å². The van der Waals surface area contributed by atoms with Crippen molar-refractivity contribution in [2.75, 3.05) is 11.4 Å². The second-order valence-corrected chi connectivity index (χ2v) is 3.88. The Balaban J connectivity index is 0.00000144. The summed E-state index contributed by atoms with van der Waals surface area (Å²) in [6.45, 7) is 0.0918. The van der Waals surface area contributed by atoms with Gasteiger partial charge in [-0.1, -0.05) is 11.6 Å². The Morgan fingerprint density at radius 2 is 2.11 bits per heavy atom. The van der Waals surface area contributed by atoms with Crippen molar-refractivity contribution in [1.29, 1.82) is 0 Å². The highest BCUT2D eigenvalue weighted by molar-refractivity contribution is 6.31. The van der Waals surface area contributed by atoms with Gasteiger partial charge in [0.25, 0.3) is 0 Å². The van der Waals surface area contributed by atoms with Gasteiger partial charge in [0.15, 0.2) is 6.30 Å². The van der Waals surface area contributed by atoms with Crippen LogP contribution in [0.25, 0.3) is 0 Å². The molecule has 0 spiro atoms. The number of alkyl halides is 1. The van der Waals surface area contributed by atoms with Crippen molar-refractivity contribution in [2.45, 2.75) is 6.30 Å². The second-order valence-electron chi connectivity index (χ2n) is 3.45. The summed E-state index contributed by atoms with van der Waals surface area (Å²) in [5.74, 6) is 0. The number of rotatable bonds is 2. The van der Waals surface area contributed by atoms with Crippen LogP contribution in [0.1, 0.15) is 5.56 Å². The molecule has 0 saturated carbocycles. The standard InChI is InChI=1S/C11H11ClFN3.2ClH/c12-9-1-2-10-8(5-9)6-15-3-4-16(10)7-11(13)14;;/h1-6,11H,7,14H2;2*1H. The lowest BCUT2D eigenvalue weighted by Gasteiger charge is -2.21. The molecule has 1 unspecified atom stereocenters. The molecule has 18 heavy (non-hydrogen) atoms. The van der Waals surface area contributed by atoms with Crippen LogP contribution in [0, 0.1) is 0 Å². The summed E-state index contributed by atoms with van der Waals surface area (Å²) in [7, 11) is 0. The van der Waals surface area contributed by atoms with Gasteiger partial charge in [-0.15, -0.1) is 24.8 Å². The molecule has 2 rings (SSSR count). The third-order valence-electron chi connectivity index (χ3n) is 2.22. The number of aliphatic imine (C=N–C) groups is 1. The molecule has 0 aromatic heterocycles. The first kappa shape index (κ1) is 17.2. The van der Waals surface area contributed by atoms with Crippen molar-refractivity contribution in [3.63, 3.8) is 0 Å². The van der Waals surface area contributed by atoms with E-state index in [2.05, 4.69) is 4.99 Å². The van der Waals surface area contributed by atoms with Crippen molar-refractivity contribution in [3.8, 4) is 0 Å². The van der Waals surface area contributed by atoms with Crippen LogP contribution in [0.15, 0.2) is 35.6 Å². The molecule has 1 aliphatic rings. The zero-order valence-electron chi connectivity index (χ0n) is 9.29. The summed E-state index contributed by atoms with van der Waals surface area (Å²) < 4.78 is 12.8. The number of anilines is 1. The minimum atomic E-state index is -1.40. The van der Waals surface area contributed by atoms with Gasteiger partial charge in [0, 0.05) is 34.9 Å². The number of nitrogens with two attached hydrogens (primary N) is 1. The van der Waals surface area contributed by atoms with Crippen molar-refractivity contribution >= 4 is 48.3 Å². The average Bonchev–Trinajstić information content (AvgIpc) is 2.40. The Hall–Kier alpha value is -0.810. The fourth-order valence-corrected chi connectivity index (χ4v) is 1.74. The first-order chi connectivity index (χ1) is 7.66. The Morgan fingerprint density at radius 3 is 2.78 bits per heavy atom. The number of hydrogen-bond acceptors (Lipinski definition) is 3. The molecule has 0 radical (unpaired) electrons. The van der Waals surface area contributed by atoms with E-state index in [9.17, 15) is 4.39 Å². The van der Waals surface area contributed by atoms with Crippen molar-refractivity contribution < 1.29 is 4.39 Å². The van der Waals surface area contributed by atoms with Gasteiger partial charge in [-0.25, -0.2) is 4.39 Å². The summed E-state index contributed by atoms with van der Waals surface area (Å²) in [6, 6.07) is 5.36. The van der Waals surface area contributed by atoms with E-state index in [-0.39, 0.29) is 31.4 Å². The maximum atomic E-state index is 12.8. The predicted molar refractivity (Wildman–Crippen MR) is 79.1 cm³/mol. The van der Waals surface area contributed by atoms with Crippen LogP contribution < -0.4 is 10.6 Å². The van der Waals surface area contributed by atoms with Crippen LogP contribution >= 0.6 is 36.4 Å². The molecule has 0 saturated heterocycles. The maximum absolute atomic E-state index is 12.8. The van der Waals surface area contributed by atoms with Gasteiger partial charge in [-0.2, -0.15) is 0 Å². The highest BCUT2D eigenvalue weighted by Crippen LogP contribution is 2.25. The molecule has 0 amide bonds. The van der Waals surface area contributed by atoms with Crippen molar-refractivity contribution in [1.82, 2.24) is 0 Å². The molecule has 100 valence electrons. The van der Waals surface area contributed by atoms with Crippen LogP contribution in [-0.4, -0.2) is 19.1 Å². The maximum Gasteiger partial charge on any atom is 0.166 e. The average molecular weight is 313 g/mol. The fourth-order valence-electron chi connectivity index (χ4n) is 1.56. The van der Waals surface area contributed by atoms with E-state index in [4.69, 9.17) is 17.3 Å². The minimum absolute atomic E-state index is 0. The van der Waals surface area contributed by atoms with Gasteiger partial charge in [0.2, 0.25) is 0 Å². The van der Waals surface area contributed by atoms with E-state index in [1.807, 2.05) is 6.07 Å².